The number of nitrogens with zero attached hydrogens (tertiary/aromatic N) is 2. The fraction of sp³-hybridized carbons (Fsp3) is 0.250. The molecule has 3 rings (SSSR count). The fourth-order valence-electron chi connectivity index (χ4n) is 1.79. The van der Waals surface area contributed by atoms with Crippen molar-refractivity contribution in [1.82, 2.24) is 10.2 Å². The van der Waals surface area contributed by atoms with E-state index in [0.717, 1.165) is 5.69 Å². The second-order valence-electron chi connectivity index (χ2n) is 4.10. The molecule has 0 radical (unpaired) electrons. The molecule has 2 aromatic rings. The van der Waals surface area contributed by atoms with E-state index in [-0.39, 0.29) is 11.9 Å². The van der Waals surface area contributed by atoms with Gasteiger partial charge in [-0.05, 0) is 12.1 Å². The summed E-state index contributed by atoms with van der Waals surface area (Å²) < 4.78 is 10.7. The van der Waals surface area contributed by atoms with Crippen molar-refractivity contribution in [2.75, 3.05) is 17.2 Å². The molecule has 0 saturated carbocycles. The number of carbonyl (C=O) groups excluding carboxylic acids is 1. The van der Waals surface area contributed by atoms with E-state index in [0.29, 0.717) is 18.2 Å². The summed E-state index contributed by atoms with van der Waals surface area (Å²) in [7, 11) is 0. The Bertz CT molecular complexity index is 611. The summed E-state index contributed by atoms with van der Waals surface area (Å²) in [6.45, 7) is 2.04. The van der Waals surface area contributed by atoms with E-state index in [9.17, 15) is 4.79 Å². The molecule has 7 heteroatoms. The summed E-state index contributed by atoms with van der Waals surface area (Å²) in [6, 6.07) is 7.52. The van der Waals surface area contributed by atoms with E-state index >= 15 is 0 Å². The van der Waals surface area contributed by atoms with Crippen molar-refractivity contribution in [3.8, 4) is 5.75 Å². The molecule has 0 spiro atoms. The lowest BCUT2D eigenvalue weighted by atomic mass is 10.2. The molecule has 7 nitrogen and oxygen atoms in total. The highest BCUT2D eigenvalue weighted by atomic mass is 16.5. The summed E-state index contributed by atoms with van der Waals surface area (Å²) in [5.41, 5.74) is 0.875. The number of para-hydroxylation sites is 2. The smallest absolute Gasteiger partial charge is 0.322 e. The van der Waals surface area contributed by atoms with E-state index in [1.54, 1.807) is 13.0 Å². The Balaban J connectivity index is 1.69. The molecule has 98 valence electrons. The predicted octanol–water partition coefficient (Wildman–Crippen LogP) is 1.19. The maximum absolute atomic E-state index is 12.0. The molecule has 1 aliphatic heterocycles. The molecule has 0 saturated heterocycles. The van der Waals surface area contributed by atoms with E-state index in [1.165, 1.54) is 0 Å². The second-order valence-corrected chi connectivity index (χ2v) is 4.10. The molecule has 1 aromatic heterocycles. The third-order valence-electron chi connectivity index (χ3n) is 2.68. The van der Waals surface area contributed by atoms with Gasteiger partial charge in [0.15, 0.2) is 6.10 Å². The predicted molar refractivity (Wildman–Crippen MR) is 67.0 cm³/mol. The van der Waals surface area contributed by atoms with Crippen LogP contribution in [0.15, 0.2) is 28.7 Å². The Morgan fingerprint density at radius 2 is 2.26 bits per heavy atom. The maximum Gasteiger partial charge on any atom is 0.322 e. The number of rotatable bonds is 2. The van der Waals surface area contributed by atoms with Gasteiger partial charge in [-0.3, -0.25) is 10.1 Å². The second kappa shape index (κ2) is 4.60. The quantitative estimate of drug-likeness (QED) is 0.843. The first-order valence-electron chi connectivity index (χ1n) is 5.83. The van der Waals surface area contributed by atoms with Crippen LogP contribution in [0.4, 0.5) is 11.7 Å². The lowest BCUT2D eigenvalue weighted by molar-refractivity contribution is -0.122. The van der Waals surface area contributed by atoms with Crippen LogP contribution in [0, 0.1) is 6.92 Å². The van der Waals surface area contributed by atoms with Crippen molar-refractivity contribution in [1.29, 1.82) is 0 Å². The number of carbonyl (C=O) groups is 1. The normalized spacial score (nSPS) is 17.0. The lowest BCUT2D eigenvalue weighted by Crippen LogP contribution is -2.41. The maximum atomic E-state index is 12.0. The number of hydrogen-bond donors (Lipinski definition) is 2. The minimum Gasteiger partial charge on any atom is -0.477 e. The van der Waals surface area contributed by atoms with Crippen LogP contribution in [0.25, 0.3) is 0 Å². The van der Waals surface area contributed by atoms with Crippen molar-refractivity contribution < 1.29 is 13.9 Å². The fourth-order valence-corrected chi connectivity index (χ4v) is 1.79. The van der Waals surface area contributed by atoms with Crippen molar-refractivity contribution >= 4 is 17.6 Å². The van der Waals surface area contributed by atoms with Gasteiger partial charge in [-0.2, -0.15) is 0 Å². The summed E-state index contributed by atoms with van der Waals surface area (Å²) in [6.07, 6.45) is -0.637. The zero-order chi connectivity index (χ0) is 13.2. The topological polar surface area (TPSA) is 89.3 Å². The first-order valence-corrected chi connectivity index (χ1v) is 5.83. The van der Waals surface area contributed by atoms with Crippen molar-refractivity contribution in [3.63, 3.8) is 0 Å². The van der Waals surface area contributed by atoms with Gasteiger partial charge >= 0.3 is 6.01 Å². The molecule has 0 aliphatic carbocycles. The van der Waals surface area contributed by atoms with E-state index in [4.69, 9.17) is 9.15 Å². The number of anilines is 2. The Kier molecular flexibility index (Phi) is 2.79. The van der Waals surface area contributed by atoms with Gasteiger partial charge in [-0.15, -0.1) is 5.10 Å². The van der Waals surface area contributed by atoms with Gasteiger partial charge in [0, 0.05) is 6.92 Å². The average Bonchev–Trinajstić information content (AvgIpc) is 2.83. The average molecular weight is 260 g/mol. The zero-order valence-electron chi connectivity index (χ0n) is 10.2. The molecule has 0 bridgehead atoms. The summed E-state index contributed by atoms with van der Waals surface area (Å²) in [5.74, 6) is 0.713. The minimum absolute atomic E-state index is 0.0740. The first-order chi connectivity index (χ1) is 9.22. The van der Waals surface area contributed by atoms with Crippen LogP contribution in [-0.4, -0.2) is 28.8 Å². The highest BCUT2D eigenvalue weighted by molar-refractivity contribution is 5.93. The van der Waals surface area contributed by atoms with Gasteiger partial charge in [0.2, 0.25) is 5.89 Å². The van der Waals surface area contributed by atoms with E-state index in [2.05, 4.69) is 20.8 Å². The third kappa shape index (κ3) is 2.35. The number of amides is 1. The number of aryl methyl sites for hydroxylation is 1. The van der Waals surface area contributed by atoms with Gasteiger partial charge in [0.1, 0.15) is 5.75 Å². The third-order valence-corrected chi connectivity index (χ3v) is 2.68. The standard InChI is InChI=1S/C12H12N4O3/c1-7-15-16-12(18-7)14-11(17)10-6-13-8-4-2-3-5-9(8)19-10/h2-5,10,13H,6H2,1H3,(H,14,16,17). The van der Waals surface area contributed by atoms with Crippen LogP contribution in [0.3, 0.4) is 0 Å². The molecule has 1 unspecified atom stereocenters. The Labute approximate surface area is 109 Å². The van der Waals surface area contributed by atoms with Crippen LogP contribution in [-0.2, 0) is 4.79 Å². The molecule has 2 heterocycles. The molecule has 0 fully saturated rings. The monoisotopic (exact) mass is 260 g/mol. The molecule has 2 N–H and O–H groups in total. The van der Waals surface area contributed by atoms with E-state index in [1.807, 2.05) is 18.2 Å². The Morgan fingerprint density at radius 3 is 3.05 bits per heavy atom. The van der Waals surface area contributed by atoms with Gasteiger partial charge in [0.05, 0.1) is 12.2 Å². The number of nitrogens with one attached hydrogen (secondary N) is 2. The van der Waals surface area contributed by atoms with Gasteiger partial charge in [-0.25, -0.2) is 0 Å². The van der Waals surface area contributed by atoms with Crippen LogP contribution >= 0.6 is 0 Å². The number of aromatic nitrogens is 2. The van der Waals surface area contributed by atoms with Gasteiger partial charge in [0.25, 0.3) is 5.91 Å². The highest BCUT2D eigenvalue weighted by Crippen LogP contribution is 2.28. The summed E-state index contributed by atoms with van der Waals surface area (Å²) >= 11 is 0. The lowest BCUT2D eigenvalue weighted by Gasteiger charge is -2.25. The largest absolute Gasteiger partial charge is 0.477 e. The van der Waals surface area contributed by atoms with Crippen LogP contribution in [0.1, 0.15) is 5.89 Å². The van der Waals surface area contributed by atoms with Crippen LogP contribution in [0.2, 0.25) is 0 Å². The van der Waals surface area contributed by atoms with Crippen molar-refractivity contribution in [2.24, 2.45) is 0 Å². The molecular weight excluding hydrogens is 248 g/mol. The molecule has 1 amide bonds. The molecule has 1 aliphatic rings. The molecule has 1 aromatic carbocycles. The van der Waals surface area contributed by atoms with Crippen LogP contribution < -0.4 is 15.4 Å². The van der Waals surface area contributed by atoms with E-state index < -0.39 is 6.10 Å². The summed E-state index contributed by atoms with van der Waals surface area (Å²) in [4.78, 5) is 12.0. The molecule has 1 atom stereocenters. The summed E-state index contributed by atoms with van der Waals surface area (Å²) in [5, 5.41) is 13.0. The van der Waals surface area contributed by atoms with Crippen molar-refractivity contribution in [2.45, 2.75) is 13.0 Å². The van der Waals surface area contributed by atoms with Gasteiger partial charge in [-0.1, -0.05) is 17.2 Å². The van der Waals surface area contributed by atoms with Gasteiger partial charge < -0.3 is 14.5 Å². The molecular formula is C12H12N4O3. The van der Waals surface area contributed by atoms with Crippen molar-refractivity contribution in [3.05, 3.63) is 30.2 Å². The SMILES string of the molecule is Cc1nnc(NC(=O)C2CNc3ccccc3O2)o1. The number of hydrogen-bond acceptors (Lipinski definition) is 6. The molecule has 19 heavy (non-hydrogen) atoms. The highest BCUT2D eigenvalue weighted by Gasteiger charge is 2.26. The zero-order valence-corrected chi connectivity index (χ0v) is 10.2. The number of fused-ring (bicyclic) bond motifs is 1. The number of ether oxygens (including phenoxy) is 1. The van der Waals surface area contributed by atoms with Crippen LogP contribution in [0.5, 0.6) is 5.75 Å². The Hall–Kier alpha value is -2.57. The Morgan fingerprint density at radius 1 is 1.42 bits per heavy atom. The number of benzene rings is 1. The first kappa shape index (κ1) is 11.5. The minimum atomic E-state index is -0.637.